The first-order valence-corrected chi connectivity index (χ1v) is 8.67. The van der Waals surface area contributed by atoms with Crippen molar-refractivity contribution in [3.05, 3.63) is 24.3 Å². The number of piperazine rings is 1. The molecule has 2 fully saturated rings. The highest BCUT2D eigenvalue weighted by Gasteiger charge is 2.38. The molecule has 0 aliphatic carbocycles. The normalized spacial score (nSPS) is 20.6. The standard InChI is InChI=1S/C18H25N3O4/c1-24-16-8-4-3-6-14(16)19-10-12-20(13-11-19)17(22)15-7-5-9-21(15)18(23)25-2/h3-4,6,8,15H,5,7,9-13H2,1-2H3. The quantitative estimate of drug-likeness (QED) is 0.831. The van der Waals surface area contributed by atoms with Gasteiger partial charge in [-0.05, 0) is 25.0 Å². The average molecular weight is 347 g/mol. The van der Waals surface area contributed by atoms with Crippen LogP contribution >= 0.6 is 0 Å². The van der Waals surface area contributed by atoms with Crippen LogP contribution in [0.3, 0.4) is 0 Å². The third-order valence-corrected chi connectivity index (χ3v) is 4.96. The van der Waals surface area contributed by atoms with Crippen molar-refractivity contribution < 1.29 is 19.1 Å². The van der Waals surface area contributed by atoms with Crippen LogP contribution in [0.25, 0.3) is 0 Å². The molecule has 2 aliphatic rings. The number of carbonyl (C=O) groups is 2. The smallest absolute Gasteiger partial charge is 0.410 e. The van der Waals surface area contributed by atoms with Gasteiger partial charge in [0.2, 0.25) is 5.91 Å². The van der Waals surface area contributed by atoms with Crippen molar-refractivity contribution in [1.29, 1.82) is 0 Å². The Morgan fingerprint density at radius 3 is 2.44 bits per heavy atom. The van der Waals surface area contributed by atoms with Crippen LogP contribution in [-0.4, -0.2) is 74.8 Å². The van der Waals surface area contributed by atoms with Gasteiger partial charge in [-0.25, -0.2) is 4.79 Å². The lowest BCUT2D eigenvalue weighted by molar-refractivity contribution is -0.135. The second-order valence-corrected chi connectivity index (χ2v) is 6.31. The van der Waals surface area contributed by atoms with Crippen molar-refractivity contribution in [3.63, 3.8) is 0 Å². The number of likely N-dealkylation sites (tertiary alicyclic amines) is 1. The number of benzene rings is 1. The van der Waals surface area contributed by atoms with E-state index in [9.17, 15) is 9.59 Å². The maximum Gasteiger partial charge on any atom is 0.410 e. The maximum absolute atomic E-state index is 12.8. The van der Waals surface area contributed by atoms with Gasteiger partial charge in [0.15, 0.2) is 0 Å². The van der Waals surface area contributed by atoms with Gasteiger partial charge in [0.05, 0.1) is 19.9 Å². The summed E-state index contributed by atoms with van der Waals surface area (Å²) in [5.41, 5.74) is 1.05. The number of hydrogen-bond donors (Lipinski definition) is 0. The van der Waals surface area contributed by atoms with Crippen molar-refractivity contribution in [3.8, 4) is 5.75 Å². The fourth-order valence-corrected chi connectivity index (χ4v) is 3.63. The second-order valence-electron chi connectivity index (χ2n) is 6.31. The fraction of sp³-hybridized carbons (Fsp3) is 0.556. The van der Waals surface area contributed by atoms with Gasteiger partial charge in [-0.3, -0.25) is 9.69 Å². The van der Waals surface area contributed by atoms with E-state index in [1.54, 1.807) is 12.0 Å². The fourth-order valence-electron chi connectivity index (χ4n) is 3.63. The van der Waals surface area contributed by atoms with E-state index in [2.05, 4.69) is 4.90 Å². The Bertz CT molecular complexity index is 629. The predicted molar refractivity (Wildman–Crippen MR) is 93.9 cm³/mol. The molecule has 1 aromatic carbocycles. The van der Waals surface area contributed by atoms with E-state index in [1.165, 1.54) is 7.11 Å². The van der Waals surface area contributed by atoms with Gasteiger partial charge in [-0.1, -0.05) is 12.1 Å². The molecule has 7 nitrogen and oxygen atoms in total. The van der Waals surface area contributed by atoms with Crippen molar-refractivity contribution in [2.45, 2.75) is 18.9 Å². The predicted octanol–water partition coefficient (Wildman–Crippen LogP) is 1.57. The first-order valence-electron chi connectivity index (χ1n) is 8.67. The highest BCUT2D eigenvalue weighted by atomic mass is 16.5. The zero-order valence-corrected chi connectivity index (χ0v) is 14.8. The average Bonchev–Trinajstić information content (AvgIpc) is 3.16. The van der Waals surface area contributed by atoms with Crippen LogP contribution in [0.15, 0.2) is 24.3 Å². The molecule has 1 aromatic rings. The molecule has 0 bridgehead atoms. The maximum atomic E-state index is 12.8. The first-order chi connectivity index (χ1) is 12.2. The molecule has 2 aliphatic heterocycles. The van der Waals surface area contributed by atoms with Crippen molar-refractivity contribution in [2.75, 3.05) is 51.8 Å². The Kier molecular flexibility index (Phi) is 5.31. The van der Waals surface area contributed by atoms with E-state index in [0.717, 1.165) is 30.9 Å². The molecule has 0 aromatic heterocycles. The van der Waals surface area contributed by atoms with Crippen LogP contribution in [0.5, 0.6) is 5.75 Å². The number of hydrogen-bond acceptors (Lipinski definition) is 5. The monoisotopic (exact) mass is 347 g/mol. The number of para-hydroxylation sites is 2. The summed E-state index contributed by atoms with van der Waals surface area (Å²) in [5.74, 6) is 0.873. The molecule has 0 spiro atoms. The number of rotatable bonds is 3. The van der Waals surface area contributed by atoms with Crippen molar-refractivity contribution in [2.24, 2.45) is 0 Å². The molecule has 1 atom stereocenters. The molecule has 1 unspecified atom stereocenters. The molecule has 2 amide bonds. The van der Waals surface area contributed by atoms with Crippen LogP contribution in [0.1, 0.15) is 12.8 Å². The van der Waals surface area contributed by atoms with Crippen LogP contribution in [-0.2, 0) is 9.53 Å². The summed E-state index contributed by atoms with van der Waals surface area (Å²) < 4.78 is 10.2. The molecule has 2 heterocycles. The van der Waals surface area contributed by atoms with E-state index < -0.39 is 6.09 Å². The van der Waals surface area contributed by atoms with Gasteiger partial charge in [0.1, 0.15) is 11.8 Å². The molecule has 136 valence electrons. The summed E-state index contributed by atoms with van der Waals surface area (Å²) in [6.07, 6.45) is 1.14. The number of amides is 2. The van der Waals surface area contributed by atoms with Crippen LogP contribution in [0.2, 0.25) is 0 Å². The van der Waals surface area contributed by atoms with Gasteiger partial charge in [-0.15, -0.1) is 0 Å². The van der Waals surface area contributed by atoms with Gasteiger partial charge >= 0.3 is 6.09 Å². The second kappa shape index (κ2) is 7.63. The lowest BCUT2D eigenvalue weighted by Gasteiger charge is -2.38. The zero-order chi connectivity index (χ0) is 17.8. The molecule has 2 saturated heterocycles. The van der Waals surface area contributed by atoms with Gasteiger partial charge < -0.3 is 19.3 Å². The summed E-state index contributed by atoms with van der Waals surface area (Å²) >= 11 is 0. The van der Waals surface area contributed by atoms with Gasteiger partial charge in [0.25, 0.3) is 0 Å². The van der Waals surface area contributed by atoms with Crippen LogP contribution in [0.4, 0.5) is 10.5 Å². The van der Waals surface area contributed by atoms with E-state index in [4.69, 9.17) is 9.47 Å². The Hall–Kier alpha value is -2.44. The number of ether oxygens (including phenoxy) is 2. The van der Waals surface area contributed by atoms with Crippen LogP contribution < -0.4 is 9.64 Å². The molecule has 7 heteroatoms. The Labute approximate surface area is 148 Å². The van der Waals surface area contributed by atoms with Gasteiger partial charge in [-0.2, -0.15) is 0 Å². The van der Waals surface area contributed by atoms with E-state index in [0.29, 0.717) is 26.1 Å². The summed E-state index contributed by atoms with van der Waals surface area (Å²) in [5, 5.41) is 0. The van der Waals surface area contributed by atoms with Crippen molar-refractivity contribution in [1.82, 2.24) is 9.80 Å². The molecule has 25 heavy (non-hydrogen) atoms. The Balaban J connectivity index is 1.62. The number of anilines is 1. The molecule has 3 rings (SSSR count). The number of nitrogens with zero attached hydrogens (tertiary/aromatic N) is 3. The van der Waals surface area contributed by atoms with Crippen LogP contribution in [0, 0.1) is 0 Å². The van der Waals surface area contributed by atoms with E-state index >= 15 is 0 Å². The minimum atomic E-state index is -0.413. The van der Waals surface area contributed by atoms with E-state index in [1.807, 2.05) is 29.2 Å². The highest BCUT2D eigenvalue weighted by Crippen LogP contribution is 2.29. The lowest BCUT2D eigenvalue weighted by Crippen LogP contribution is -2.54. The lowest BCUT2D eigenvalue weighted by atomic mass is 10.1. The number of carbonyl (C=O) groups excluding carboxylic acids is 2. The SMILES string of the molecule is COC(=O)N1CCCC1C(=O)N1CCN(c2ccccc2OC)CC1. The third-order valence-electron chi connectivity index (χ3n) is 4.96. The van der Waals surface area contributed by atoms with Gasteiger partial charge in [0, 0.05) is 32.7 Å². The molecule has 0 saturated carbocycles. The highest BCUT2D eigenvalue weighted by molar-refractivity contribution is 5.86. The molecular formula is C18H25N3O4. The minimum Gasteiger partial charge on any atom is -0.495 e. The molecular weight excluding hydrogens is 322 g/mol. The minimum absolute atomic E-state index is 0.0302. The zero-order valence-electron chi connectivity index (χ0n) is 14.8. The summed E-state index contributed by atoms with van der Waals surface area (Å²) in [6, 6.07) is 7.53. The summed E-state index contributed by atoms with van der Waals surface area (Å²) in [4.78, 5) is 30.3. The third kappa shape index (κ3) is 3.50. The van der Waals surface area contributed by atoms with Crippen molar-refractivity contribution >= 4 is 17.7 Å². The largest absolute Gasteiger partial charge is 0.495 e. The first kappa shape index (κ1) is 17.4. The summed E-state index contributed by atoms with van der Waals surface area (Å²) in [6.45, 7) is 3.36. The Morgan fingerprint density at radius 2 is 1.76 bits per heavy atom. The molecule has 0 N–H and O–H groups in total. The molecule has 0 radical (unpaired) electrons. The Morgan fingerprint density at radius 1 is 1.04 bits per heavy atom. The number of methoxy groups -OCH3 is 2. The van der Waals surface area contributed by atoms with E-state index in [-0.39, 0.29) is 11.9 Å². The topological polar surface area (TPSA) is 62.3 Å². The summed E-state index contributed by atoms with van der Waals surface area (Å²) in [7, 11) is 3.02.